The van der Waals surface area contributed by atoms with Gasteiger partial charge in [0.15, 0.2) is 0 Å². The van der Waals surface area contributed by atoms with E-state index in [0.717, 1.165) is 68.2 Å². The van der Waals surface area contributed by atoms with Crippen LogP contribution in [0, 0.1) is 0 Å². The summed E-state index contributed by atoms with van der Waals surface area (Å²) in [6.45, 7) is 0. The zero-order valence-corrected chi connectivity index (χ0v) is 70.6. The summed E-state index contributed by atoms with van der Waals surface area (Å²) >= 11 is 0. The average Bonchev–Trinajstić information content (AvgIpc) is 0.788. The van der Waals surface area contributed by atoms with E-state index in [4.69, 9.17) is 0 Å². The van der Waals surface area contributed by atoms with E-state index >= 15 is 0 Å². The molecule has 0 N–H and O–H groups in total. The van der Waals surface area contributed by atoms with Crippen LogP contribution in [0.4, 0.5) is 68.2 Å². The molecule has 0 unspecified atom stereocenters. The van der Waals surface area contributed by atoms with Crippen LogP contribution in [0.3, 0.4) is 0 Å². The van der Waals surface area contributed by atoms with E-state index in [1.54, 1.807) is 0 Å². The van der Waals surface area contributed by atoms with Gasteiger partial charge in [-0.15, -0.1) is 0 Å². The van der Waals surface area contributed by atoms with Gasteiger partial charge < -0.3 is 19.6 Å². The highest BCUT2D eigenvalue weighted by molar-refractivity contribution is 6.02. The van der Waals surface area contributed by atoms with Crippen LogP contribution < -0.4 is 19.6 Å². The molecule has 0 saturated carbocycles. The molecule has 0 spiro atoms. The van der Waals surface area contributed by atoms with Crippen LogP contribution >= 0.6 is 0 Å². The number of anilines is 12. The largest absolute Gasteiger partial charge is 0.311 e. The first-order valence-electron chi connectivity index (χ1n) is 43.8. The van der Waals surface area contributed by atoms with Crippen molar-refractivity contribution in [2.24, 2.45) is 0 Å². The standard InChI is InChI=1S/2C62H44N2/c1-3-20-53(21-4-1)63(57-40-32-49(33-41-57)61-26-12-16-47-14-7-9-24-59(47)61)55-36-28-45(29-37-55)51-18-11-19-52(44-51)46-30-38-56(39-31-46)64(54-22-5-2-6-23-54)58-42-34-50(35-43-58)62-27-13-17-48-15-8-10-25-60(48)62;1-3-19-51(20-4-1)63(55-41-33-49(34-42-55)61-27-13-17-45-15-7-9-23-57(45)61)53-37-29-47(30-38-53)59-25-11-12-26-60(59)48-31-39-54(40-32-48)64(52-21-5-2-6-22-52)56-43-35-50(36-44-56)62-28-14-18-46-16-8-10-24-58(46)62/h2*1-44H. The van der Waals surface area contributed by atoms with Crippen molar-refractivity contribution in [3.05, 3.63) is 534 Å². The van der Waals surface area contributed by atoms with Gasteiger partial charge in [-0.2, -0.15) is 0 Å². The molecule has 0 bridgehead atoms. The lowest BCUT2D eigenvalue weighted by Gasteiger charge is -2.26. The van der Waals surface area contributed by atoms with Crippen molar-refractivity contribution in [1.82, 2.24) is 0 Å². The Hall–Kier alpha value is -16.9. The number of fused-ring (bicyclic) bond motifs is 4. The van der Waals surface area contributed by atoms with Gasteiger partial charge in [-0.1, -0.05) is 382 Å². The summed E-state index contributed by atoms with van der Waals surface area (Å²) in [6.07, 6.45) is 0. The molecule has 0 heterocycles. The Bertz CT molecular complexity index is 7120. The molecule has 22 rings (SSSR count). The molecular weight excluding hydrogens is 1550 g/mol. The Morgan fingerprint density at radius 1 is 0.0938 bits per heavy atom. The molecule has 0 amide bonds. The molecule has 604 valence electrons. The molecule has 0 saturated heterocycles. The molecule has 22 aromatic carbocycles. The highest BCUT2D eigenvalue weighted by Crippen LogP contribution is 2.46. The van der Waals surface area contributed by atoms with Crippen molar-refractivity contribution in [1.29, 1.82) is 0 Å². The number of hydrogen-bond donors (Lipinski definition) is 0. The topological polar surface area (TPSA) is 13.0 Å². The molecule has 0 aliphatic rings. The minimum Gasteiger partial charge on any atom is -0.311 e. The smallest absolute Gasteiger partial charge is 0.0462 e. The number of para-hydroxylation sites is 4. The van der Waals surface area contributed by atoms with Gasteiger partial charge in [0.05, 0.1) is 0 Å². The zero-order valence-electron chi connectivity index (χ0n) is 70.6. The number of hydrogen-bond acceptors (Lipinski definition) is 4. The first kappa shape index (κ1) is 78.3. The summed E-state index contributed by atoms with van der Waals surface area (Å²) in [7, 11) is 0. The Labute approximate surface area is 748 Å². The predicted octanol–water partition coefficient (Wildman–Crippen LogP) is 35.2. The fourth-order valence-corrected chi connectivity index (χ4v) is 18.2. The van der Waals surface area contributed by atoms with Gasteiger partial charge >= 0.3 is 0 Å². The Balaban J connectivity index is 0.000000156. The third-order valence-electron chi connectivity index (χ3n) is 24.5. The lowest BCUT2D eigenvalue weighted by atomic mass is 9.94. The van der Waals surface area contributed by atoms with Crippen LogP contribution in [0.15, 0.2) is 534 Å². The third kappa shape index (κ3) is 16.2. The second-order valence-electron chi connectivity index (χ2n) is 32.3. The van der Waals surface area contributed by atoms with Crippen molar-refractivity contribution in [3.63, 3.8) is 0 Å². The second-order valence-corrected chi connectivity index (χ2v) is 32.3. The average molecular weight is 1630 g/mol. The zero-order chi connectivity index (χ0) is 85.3. The summed E-state index contributed by atoms with van der Waals surface area (Å²) < 4.78 is 0. The molecule has 0 fully saturated rings. The number of rotatable bonds is 20. The molecule has 128 heavy (non-hydrogen) atoms. The normalized spacial score (nSPS) is 11.1. The Morgan fingerprint density at radius 3 is 0.477 bits per heavy atom. The quantitative estimate of drug-likeness (QED) is 0.0754. The van der Waals surface area contributed by atoms with E-state index in [2.05, 4.69) is 553 Å². The first-order valence-corrected chi connectivity index (χ1v) is 43.8. The predicted molar refractivity (Wildman–Crippen MR) is 545 cm³/mol. The van der Waals surface area contributed by atoms with Crippen molar-refractivity contribution >= 4 is 111 Å². The molecule has 0 aliphatic heterocycles. The molecule has 0 radical (unpaired) electrons. The summed E-state index contributed by atoms with van der Waals surface area (Å²) in [5.41, 5.74) is 32.5. The molecule has 0 aromatic heterocycles. The van der Waals surface area contributed by atoms with Gasteiger partial charge in [-0.25, -0.2) is 0 Å². The Morgan fingerprint density at radius 2 is 0.250 bits per heavy atom. The lowest BCUT2D eigenvalue weighted by molar-refractivity contribution is 1.28. The summed E-state index contributed by atoms with van der Waals surface area (Å²) in [5, 5.41) is 10.0. The fraction of sp³-hybridized carbons (Fsp3) is 0. The lowest BCUT2D eigenvalue weighted by Crippen LogP contribution is -2.09. The SMILES string of the molecule is c1ccc(N(c2ccc(-c3cccc(-c4ccc(N(c5ccccc5)c5ccc(-c6cccc7ccccc67)cc5)cc4)c3)cc2)c2ccc(-c3cccc4ccccc34)cc2)cc1.c1ccc(N(c2ccc(-c3ccccc3-c3ccc(N(c4ccccc4)c4ccc(-c5cccc6ccccc56)cc4)cc3)cc2)c2ccc(-c3cccc4ccccc34)cc2)cc1. The molecule has 22 aromatic rings. The highest BCUT2D eigenvalue weighted by Gasteiger charge is 2.21. The summed E-state index contributed by atoms with van der Waals surface area (Å²) in [6, 6.07) is 192. The van der Waals surface area contributed by atoms with Crippen LogP contribution in [0.25, 0.3) is 132 Å². The van der Waals surface area contributed by atoms with E-state index in [1.807, 2.05) is 0 Å². The first-order chi connectivity index (χ1) is 63.5. The van der Waals surface area contributed by atoms with Crippen LogP contribution in [-0.4, -0.2) is 0 Å². The molecule has 0 aliphatic carbocycles. The van der Waals surface area contributed by atoms with Crippen LogP contribution in [0.1, 0.15) is 0 Å². The van der Waals surface area contributed by atoms with E-state index in [0.29, 0.717) is 0 Å². The van der Waals surface area contributed by atoms with Gasteiger partial charge in [0.2, 0.25) is 0 Å². The fourth-order valence-electron chi connectivity index (χ4n) is 18.2. The number of nitrogens with zero attached hydrogens (tertiary/aromatic N) is 4. The van der Waals surface area contributed by atoms with E-state index < -0.39 is 0 Å². The Kier molecular flexibility index (Phi) is 22.0. The maximum absolute atomic E-state index is 2.33. The van der Waals surface area contributed by atoms with Crippen molar-refractivity contribution in [3.8, 4) is 89.0 Å². The minimum absolute atomic E-state index is 1.10. The summed E-state index contributed by atoms with van der Waals surface area (Å²) in [4.78, 5) is 9.31. The van der Waals surface area contributed by atoms with Crippen molar-refractivity contribution in [2.45, 2.75) is 0 Å². The highest BCUT2D eigenvalue weighted by atomic mass is 15.2. The van der Waals surface area contributed by atoms with Gasteiger partial charge in [-0.05, 0) is 284 Å². The van der Waals surface area contributed by atoms with E-state index in [-0.39, 0.29) is 0 Å². The van der Waals surface area contributed by atoms with E-state index in [1.165, 1.54) is 132 Å². The maximum atomic E-state index is 2.33. The van der Waals surface area contributed by atoms with Gasteiger partial charge in [0.1, 0.15) is 0 Å². The monoisotopic (exact) mass is 1630 g/mol. The molecule has 4 nitrogen and oxygen atoms in total. The van der Waals surface area contributed by atoms with Crippen LogP contribution in [0.5, 0.6) is 0 Å². The second kappa shape index (κ2) is 35.9. The van der Waals surface area contributed by atoms with Gasteiger partial charge in [0, 0.05) is 68.2 Å². The maximum Gasteiger partial charge on any atom is 0.0462 e. The van der Waals surface area contributed by atoms with Crippen molar-refractivity contribution < 1.29 is 0 Å². The van der Waals surface area contributed by atoms with Crippen molar-refractivity contribution in [2.75, 3.05) is 19.6 Å². The molecule has 0 atom stereocenters. The molecular formula is C124H88N4. The minimum atomic E-state index is 1.10. The van der Waals surface area contributed by atoms with E-state index in [9.17, 15) is 0 Å². The third-order valence-corrected chi connectivity index (χ3v) is 24.5. The number of benzene rings is 22. The van der Waals surface area contributed by atoms with Gasteiger partial charge in [-0.3, -0.25) is 0 Å². The van der Waals surface area contributed by atoms with Crippen LogP contribution in [0.2, 0.25) is 0 Å². The summed E-state index contributed by atoms with van der Waals surface area (Å²) in [5.74, 6) is 0. The van der Waals surface area contributed by atoms with Gasteiger partial charge in [0.25, 0.3) is 0 Å². The molecule has 4 heteroatoms. The van der Waals surface area contributed by atoms with Crippen LogP contribution in [-0.2, 0) is 0 Å².